The average molecular weight is 317 g/mol. The highest BCUT2D eigenvalue weighted by molar-refractivity contribution is 7.99. The quantitative estimate of drug-likeness (QED) is 0.562. The summed E-state index contributed by atoms with van der Waals surface area (Å²) in [6.07, 6.45) is 2.89. The van der Waals surface area contributed by atoms with Crippen LogP contribution in [0.5, 0.6) is 0 Å². The van der Waals surface area contributed by atoms with E-state index in [9.17, 15) is 13.6 Å². The number of carbonyl (C=O) groups is 1. The van der Waals surface area contributed by atoms with E-state index in [2.05, 4.69) is 0 Å². The number of rotatable bonds is 9. The molecule has 0 spiro atoms. The Morgan fingerprint density at radius 3 is 2.67 bits per heavy atom. The summed E-state index contributed by atoms with van der Waals surface area (Å²) in [6, 6.07) is 3.74. The first kappa shape index (κ1) is 17.9. The highest BCUT2D eigenvalue weighted by Gasteiger charge is 2.09. The molecule has 1 rings (SSSR count). The zero-order chi connectivity index (χ0) is 15.7. The smallest absolute Gasteiger partial charge is 0.223 e. The third kappa shape index (κ3) is 6.91. The van der Waals surface area contributed by atoms with Crippen LogP contribution >= 0.6 is 11.8 Å². The first-order valence-electron chi connectivity index (χ1n) is 6.97. The van der Waals surface area contributed by atoms with Crippen LogP contribution in [-0.2, 0) is 4.79 Å². The van der Waals surface area contributed by atoms with Crippen molar-refractivity contribution in [2.45, 2.75) is 30.6 Å². The minimum Gasteiger partial charge on any atom is -0.396 e. The zero-order valence-corrected chi connectivity index (χ0v) is 13.0. The minimum absolute atomic E-state index is 0.0362. The maximum absolute atomic E-state index is 13.0. The van der Waals surface area contributed by atoms with E-state index in [1.54, 1.807) is 11.9 Å². The van der Waals surface area contributed by atoms with Gasteiger partial charge in [0.25, 0.3) is 0 Å². The molecule has 3 nitrogen and oxygen atoms in total. The highest BCUT2D eigenvalue weighted by Crippen LogP contribution is 2.21. The first-order valence-corrected chi connectivity index (χ1v) is 7.96. The number of aliphatic hydroxyl groups excluding tert-OH is 1. The molecular weight excluding hydrogens is 296 g/mol. The van der Waals surface area contributed by atoms with E-state index in [4.69, 9.17) is 5.11 Å². The fourth-order valence-corrected chi connectivity index (χ4v) is 2.64. The molecule has 1 aromatic carbocycles. The highest BCUT2D eigenvalue weighted by atomic mass is 32.2. The molecule has 0 bridgehead atoms. The number of amides is 1. The number of nitrogens with zero attached hydrogens (tertiary/aromatic N) is 1. The van der Waals surface area contributed by atoms with Gasteiger partial charge in [-0.1, -0.05) is 0 Å². The molecule has 0 saturated heterocycles. The Hall–Kier alpha value is -1.14. The number of hydrogen-bond acceptors (Lipinski definition) is 3. The van der Waals surface area contributed by atoms with Gasteiger partial charge in [-0.05, 0) is 37.5 Å². The monoisotopic (exact) mass is 317 g/mol. The van der Waals surface area contributed by atoms with Gasteiger partial charge in [0.15, 0.2) is 11.6 Å². The molecule has 0 fully saturated rings. The van der Waals surface area contributed by atoms with Crippen molar-refractivity contribution in [3.8, 4) is 0 Å². The number of benzene rings is 1. The van der Waals surface area contributed by atoms with E-state index in [0.717, 1.165) is 31.4 Å². The lowest BCUT2D eigenvalue weighted by atomic mass is 10.2. The summed E-state index contributed by atoms with van der Waals surface area (Å²) in [5.41, 5.74) is 0. The Morgan fingerprint density at radius 2 is 2.00 bits per heavy atom. The van der Waals surface area contributed by atoms with Gasteiger partial charge in [0.2, 0.25) is 5.91 Å². The van der Waals surface area contributed by atoms with Crippen molar-refractivity contribution >= 4 is 17.7 Å². The maximum Gasteiger partial charge on any atom is 0.223 e. The summed E-state index contributed by atoms with van der Waals surface area (Å²) in [7, 11) is 1.75. The van der Waals surface area contributed by atoms with Crippen LogP contribution in [0.2, 0.25) is 0 Å². The average Bonchev–Trinajstić information content (AvgIpc) is 2.47. The largest absolute Gasteiger partial charge is 0.396 e. The van der Waals surface area contributed by atoms with Crippen molar-refractivity contribution in [3.63, 3.8) is 0 Å². The summed E-state index contributed by atoms with van der Waals surface area (Å²) in [5, 5.41) is 8.67. The van der Waals surface area contributed by atoms with Crippen LogP contribution in [0.3, 0.4) is 0 Å². The van der Waals surface area contributed by atoms with Crippen molar-refractivity contribution < 1.29 is 18.7 Å². The Kier molecular flexibility index (Phi) is 8.30. The van der Waals surface area contributed by atoms with Crippen molar-refractivity contribution in [3.05, 3.63) is 29.8 Å². The van der Waals surface area contributed by atoms with Crippen LogP contribution in [0.4, 0.5) is 8.78 Å². The van der Waals surface area contributed by atoms with E-state index in [0.29, 0.717) is 23.6 Å². The lowest BCUT2D eigenvalue weighted by Crippen LogP contribution is -2.27. The molecule has 1 aromatic rings. The van der Waals surface area contributed by atoms with Gasteiger partial charge in [0, 0.05) is 37.3 Å². The normalized spacial score (nSPS) is 10.7. The fraction of sp³-hybridized carbons (Fsp3) is 0.533. The molecule has 1 amide bonds. The number of carbonyl (C=O) groups excluding carboxylic acids is 1. The molecule has 0 aromatic heterocycles. The van der Waals surface area contributed by atoms with Gasteiger partial charge in [-0.2, -0.15) is 0 Å². The standard InChI is InChI=1S/C15H21F2NO2S/c1-18(8-3-2-4-9-19)15(20)7-10-21-12-5-6-13(16)14(17)11-12/h5-6,11,19H,2-4,7-10H2,1H3. The molecule has 0 aliphatic heterocycles. The van der Waals surface area contributed by atoms with Gasteiger partial charge >= 0.3 is 0 Å². The minimum atomic E-state index is -0.868. The third-order valence-corrected chi connectivity index (χ3v) is 4.05. The summed E-state index contributed by atoms with van der Waals surface area (Å²) in [6.45, 7) is 0.858. The summed E-state index contributed by atoms with van der Waals surface area (Å²) in [4.78, 5) is 14.1. The topological polar surface area (TPSA) is 40.5 Å². The van der Waals surface area contributed by atoms with Crippen molar-refractivity contribution in [2.24, 2.45) is 0 Å². The molecule has 0 radical (unpaired) electrons. The number of unbranched alkanes of at least 4 members (excludes halogenated alkanes) is 2. The molecule has 118 valence electrons. The zero-order valence-electron chi connectivity index (χ0n) is 12.1. The molecule has 1 N–H and O–H groups in total. The molecular formula is C15H21F2NO2S. The van der Waals surface area contributed by atoms with Crippen LogP contribution in [0.1, 0.15) is 25.7 Å². The van der Waals surface area contributed by atoms with E-state index in [1.165, 1.54) is 17.8 Å². The molecule has 0 unspecified atom stereocenters. The Morgan fingerprint density at radius 1 is 1.24 bits per heavy atom. The van der Waals surface area contributed by atoms with Gasteiger partial charge in [-0.3, -0.25) is 4.79 Å². The lowest BCUT2D eigenvalue weighted by molar-refractivity contribution is -0.129. The van der Waals surface area contributed by atoms with E-state index >= 15 is 0 Å². The Balaban J connectivity index is 2.24. The molecule has 6 heteroatoms. The lowest BCUT2D eigenvalue weighted by Gasteiger charge is -2.16. The molecule has 21 heavy (non-hydrogen) atoms. The summed E-state index contributed by atoms with van der Waals surface area (Å²) in [5.74, 6) is -1.16. The van der Waals surface area contributed by atoms with E-state index in [-0.39, 0.29) is 12.5 Å². The van der Waals surface area contributed by atoms with Crippen LogP contribution < -0.4 is 0 Å². The number of hydrogen-bond donors (Lipinski definition) is 1. The van der Waals surface area contributed by atoms with Gasteiger partial charge in [-0.15, -0.1) is 11.8 Å². The second-order valence-electron chi connectivity index (χ2n) is 4.77. The first-order chi connectivity index (χ1) is 10.0. The van der Waals surface area contributed by atoms with E-state index in [1.807, 2.05) is 0 Å². The van der Waals surface area contributed by atoms with Crippen LogP contribution in [-0.4, -0.2) is 41.9 Å². The van der Waals surface area contributed by atoms with Crippen LogP contribution in [0, 0.1) is 11.6 Å². The van der Waals surface area contributed by atoms with Gasteiger partial charge in [-0.25, -0.2) is 8.78 Å². The third-order valence-electron chi connectivity index (χ3n) is 3.05. The van der Waals surface area contributed by atoms with Crippen molar-refractivity contribution in [2.75, 3.05) is 26.0 Å². The van der Waals surface area contributed by atoms with Crippen molar-refractivity contribution in [1.82, 2.24) is 4.90 Å². The van der Waals surface area contributed by atoms with Gasteiger partial charge in [0.1, 0.15) is 0 Å². The predicted molar refractivity (Wildman–Crippen MR) is 80.3 cm³/mol. The molecule has 0 heterocycles. The summed E-state index contributed by atoms with van der Waals surface area (Å²) < 4.78 is 25.8. The van der Waals surface area contributed by atoms with Crippen molar-refractivity contribution in [1.29, 1.82) is 0 Å². The van der Waals surface area contributed by atoms with Crippen LogP contribution in [0.15, 0.2) is 23.1 Å². The Labute approximate surface area is 128 Å². The van der Waals surface area contributed by atoms with E-state index < -0.39 is 11.6 Å². The predicted octanol–water partition coefficient (Wildman–Crippen LogP) is 3.07. The van der Waals surface area contributed by atoms with Crippen LogP contribution in [0.25, 0.3) is 0 Å². The molecule has 0 aliphatic rings. The number of thioether (sulfide) groups is 1. The second-order valence-corrected chi connectivity index (χ2v) is 5.94. The molecule has 0 saturated carbocycles. The number of halogens is 2. The maximum atomic E-state index is 13.0. The molecule has 0 atom stereocenters. The Bertz CT molecular complexity index is 457. The van der Waals surface area contributed by atoms with Gasteiger partial charge in [0.05, 0.1) is 0 Å². The van der Waals surface area contributed by atoms with Gasteiger partial charge < -0.3 is 10.0 Å². The SMILES string of the molecule is CN(CCCCCO)C(=O)CCSc1ccc(F)c(F)c1. The second kappa shape index (κ2) is 9.73. The summed E-state index contributed by atoms with van der Waals surface area (Å²) >= 11 is 1.33. The number of aliphatic hydroxyl groups is 1. The molecule has 0 aliphatic carbocycles. The fourth-order valence-electron chi connectivity index (χ4n) is 1.78.